The minimum absolute atomic E-state index is 0.0557. The monoisotopic (exact) mass is 361 g/mol. The molecule has 2 saturated heterocycles. The van der Waals surface area contributed by atoms with E-state index in [9.17, 15) is 4.79 Å². The highest BCUT2D eigenvalue weighted by molar-refractivity contribution is 7.20. The van der Waals surface area contributed by atoms with Gasteiger partial charge >= 0.3 is 0 Å². The quantitative estimate of drug-likeness (QED) is 0.819. The van der Waals surface area contributed by atoms with Gasteiger partial charge in [-0.3, -0.25) is 4.79 Å². The standard InChI is InChI=1S/C18H27N5OS/c1-2-5-15-12-16(24)23-17(19-15)25-18(20-23)22-10-6-14(7-11-22)13-21-8-3-4-9-21/h12,14H,2-11,13H2,1H3. The van der Waals surface area contributed by atoms with Crippen LogP contribution >= 0.6 is 11.3 Å². The summed E-state index contributed by atoms with van der Waals surface area (Å²) in [6.07, 6.45) is 7.02. The molecule has 25 heavy (non-hydrogen) atoms. The van der Waals surface area contributed by atoms with Gasteiger partial charge in [0.1, 0.15) is 0 Å². The largest absolute Gasteiger partial charge is 0.347 e. The first kappa shape index (κ1) is 17.0. The summed E-state index contributed by atoms with van der Waals surface area (Å²) in [6.45, 7) is 8.01. The molecule has 0 unspecified atom stereocenters. The second-order valence-electron chi connectivity index (χ2n) is 7.35. The van der Waals surface area contributed by atoms with Crippen molar-refractivity contribution in [2.24, 2.45) is 5.92 Å². The molecule has 136 valence electrons. The molecule has 0 saturated carbocycles. The van der Waals surface area contributed by atoms with Crippen LogP contribution in [0.2, 0.25) is 0 Å². The van der Waals surface area contributed by atoms with E-state index in [-0.39, 0.29) is 5.56 Å². The third kappa shape index (κ3) is 3.72. The fourth-order valence-corrected chi connectivity index (χ4v) is 4.97. The number of piperidine rings is 1. The molecular formula is C18H27N5OS. The minimum atomic E-state index is -0.0557. The van der Waals surface area contributed by atoms with Crippen molar-refractivity contribution in [3.05, 3.63) is 22.1 Å². The zero-order valence-corrected chi connectivity index (χ0v) is 15.8. The summed E-state index contributed by atoms with van der Waals surface area (Å²) in [7, 11) is 0. The Morgan fingerprint density at radius 1 is 1.20 bits per heavy atom. The summed E-state index contributed by atoms with van der Waals surface area (Å²) in [5.74, 6) is 0.806. The summed E-state index contributed by atoms with van der Waals surface area (Å²) in [5.41, 5.74) is 0.826. The van der Waals surface area contributed by atoms with Crippen LogP contribution in [0.15, 0.2) is 10.9 Å². The number of likely N-dealkylation sites (tertiary alicyclic amines) is 1. The highest BCUT2D eigenvalue weighted by Gasteiger charge is 2.24. The fraction of sp³-hybridized carbons (Fsp3) is 0.722. The molecule has 2 aromatic heterocycles. The van der Waals surface area contributed by atoms with E-state index in [1.165, 1.54) is 49.8 Å². The predicted octanol–water partition coefficient (Wildman–Crippen LogP) is 2.42. The first-order valence-corrected chi connectivity index (χ1v) is 10.4. The molecule has 7 heteroatoms. The van der Waals surface area contributed by atoms with Crippen LogP contribution in [0.5, 0.6) is 0 Å². The van der Waals surface area contributed by atoms with Gasteiger partial charge in [0, 0.05) is 31.4 Å². The Morgan fingerprint density at radius 3 is 2.68 bits per heavy atom. The van der Waals surface area contributed by atoms with Gasteiger partial charge in [0.05, 0.1) is 0 Å². The van der Waals surface area contributed by atoms with Crippen molar-refractivity contribution in [1.29, 1.82) is 0 Å². The van der Waals surface area contributed by atoms with E-state index in [1.807, 2.05) is 0 Å². The van der Waals surface area contributed by atoms with Crippen molar-refractivity contribution in [3.8, 4) is 0 Å². The SMILES string of the molecule is CCCc1cc(=O)n2nc(N3CCC(CN4CCCC4)CC3)sc2n1. The number of fused-ring (bicyclic) bond motifs is 1. The smallest absolute Gasteiger partial charge is 0.275 e. The first-order valence-electron chi connectivity index (χ1n) is 9.60. The average molecular weight is 362 g/mol. The molecule has 2 aromatic rings. The van der Waals surface area contributed by atoms with Gasteiger partial charge in [0.15, 0.2) is 0 Å². The Kier molecular flexibility index (Phi) is 5.03. The highest BCUT2D eigenvalue weighted by Crippen LogP contribution is 2.27. The lowest BCUT2D eigenvalue weighted by atomic mass is 9.96. The van der Waals surface area contributed by atoms with Crippen molar-refractivity contribution in [3.63, 3.8) is 0 Å². The van der Waals surface area contributed by atoms with Gasteiger partial charge in [-0.2, -0.15) is 4.52 Å². The molecule has 0 aromatic carbocycles. The number of aryl methyl sites for hydroxylation is 1. The van der Waals surface area contributed by atoms with Gasteiger partial charge in [-0.25, -0.2) is 4.98 Å². The summed E-state index contributed by atoms with van der Waals surface area (Å²) < 4.78 is 1.47. The molecule has 2 aliphatic heterocycles. The van der Waals surface area contributed by atoms with Crippen molar-refractivity contribution < 1.29 is 0 Å². The lowest BCUT2D eigenvalue weighted by molar-refractivity contribution is 0.249. The van der Waals surface area contributed by atoms with Gasteiger partial charge in [-0.05, 0) is 51.1 Å². The van der Waals surface area contributed by atoms with Crippen LogP contribution in [0.4, 0.5) is 5.13 Å². The highest BCUT2D eigenvalue weighted by atomic mass is 32.1. The van der Waals surface area contributed by atoms with Crippen molar-refractivity contribution in [2.75, 3.05) is 37.6 Å². The van der Waals surface area contributed by atoms with Gasteiger partial charge in [-0.15, -0.1) is 5.10 Å². The Hall–Kier alpha value is -1.47. The maximum atomic E-state index is 12.3. The molecule has 0 N–H and O–H groups in total. The maximum absolute atomic E-state index is 12.3. The number of anilines is 1. The van der Waals surface area contributed by atoms with E-state index in [0.29, 0.717) is 0 Å². The van der Waals surface area contributed by atoms with Crippen molar-refractivity contribution >= 4 is 21.4 Å². The molecule has 4 heterocycles. The molecule has 0 aliphatic carbocycles. The van der Waals surface area contributed by atoms with Crippen LogP contribution < -0.4 is 10.5 Å². The lowest BCUT2D eigenvalue weighted by Gasteiger charge is -2.33. The van der Waals surface area contributed by atoms with Gasteiger partial charge in [0.25, 0.3) is 5.56 Å². The van der Waals surface area contributed by atoms with Gasteiger partial charge in [-0.1, -0.05) is 24.7 Å². The van der Waals surface area contributed by atoms with Crippen LogP contribution in [0.3, 0.4) is 0 Å². The Bertz CT molecular complexity index is 771. The number of hydrogen-bond acceptors (Lipinski definition) is 6. The average Bonchev–Trinajstić information content (AvgIpc) is 3.26. The zero-order valence-electron chi connectivity index (χ0n) is 15.0. The lowest BCUT2D eigenvalue weighted by Crippen LogP contribution is -2.38. The third-order valence-corrected chi connectivity index (χ3v) is 6.36. The summed E-state index contributed by atoms with van der Waals surface area (Å²) >= 11 is 1.55. The van der Waals surface area contributed by atoms with E-state index in [0.717, 1.165) is 47.6 Å². The van der Waals surface area contributed by atoms with Crippen LogP contribution in [-0.4, -0.2) is 52.2 Å². The molecule has 2 fully saturated rings. The van der Waals surface area contributed by atoms with E-state index < -0.39 is 0 Å². The number of hydrogen-bond donors (Lipinski definition) is 0. The van der Waals surface area contributed by atoms with Crippen LogP contribution in [-0.2, 0) is 6.42 Å². The Morgan fingerprint density at radius 2 is 1.96 bits per heavy atom. The van der Waals surface area contributed by atoms with Crippen LogP contribution in [0, 0.1) is 5.92 Å². The zero-order chi connectivity index (χ0) is 17.2. The molecule has 4 rings (SSSR count). The van der Waals surface area contributed by atoms with E-state index in [2.05, 4.69) is 26.8 Å². The predicted molar refractivity (Wildman–Crippen MR) is 102 cm³/mol. The number of rotatable bonds is 5. The molecule has 6 nitrogen and oxygen atoms in total. The maximum Gasteiger partial charge on any atom is 0.275 e. The van der Waals surface area contributed by atoms with Crippen LogP contribution in [0.25, 0.3) is 4.96 Å². The van der Waals surface area contributed by atoms with Crippen molar-refractivity contribution in [1.82, 2.24) is 19.5 Å². The minimum Gasteiger partial charge on any atom is -0.347 e. The summed E-state index contributed by atoms with van der Waals surface area (Å²) in [6, 6.07) is 1.63. The number of aromatic nitrogens is 3. The van der Waals surface area contributed by atoms with Crippen molar-refractivity contribution in [2.45, 2.75) is 45.4 Å². The summed E-state index contributed by atoms with van der Waals surface area (Å²) in [4.78, 5) is 22.6. The van der Waals surface area contributed by atoms with E-state index in [1.54, 1.807) is 17.4 Å². The summed E-state index contributed by atoms with van der Waals surface area (Å²) in [5, 5.41) is 5.48. The van der Waals surface area contributed by atoms with Crippen LogP contribution in [0.1, 0.15) is 44.7 Å². The molecular weight excluding hydrogens is 334 g/mol. The molecule has 0 bridgehead atoms. The first-order chi connectivity index (χ1) is 12.2. The van der Waals surface area contributed by atoms with Gasteiger partial charge in [0.2, 0.25) is 10.1 Å². The molecule has 0 radical (unpaired) electrons. The molecule has 0 spiro atoms. The fourth-order valence-electron chi connectivity index (χ4n) is 4.00. The number of nitrogens with zero attached hydrogens (tertiary/aromatic N) is 5. The topological polar surface area (TPSA) is 53.7 Å². The Balaban J connectivity index is 1.43. The third-order valence-electron chi connectivity index (χ3n) is 5.39. The van der Waals surface area contributed by atoms with E-state index >= 15 is 0 Å². The second-order valence-corrected chi connectivity index (χ2v) is 8.29. The second kappa shape index (κ2) is 7.41. The Labute approximate surface area is 152 Å². The molecule has 0 atom stereocenters. The molecule has 0 amide bonds. The normalized spacial score (nSPS) is 20.0. The molecule has 2 aliphatic rings. The van der Waals surface area contributed by atoms with Gasteiger partial charge < -0.3 is 9.80 Å². The van der Waals surface area contributed by atoms with E-state index in [4.69, 9.17) is 0 Å².